The summed E-state index contributed by atoms with van der Waals surface area (Å²) in [6, 6.07) is 19.9. The molecular weight excluding hydrogens is 388 g/mol. The summed E-state index contributed by atoms with van der Waals surface area (Å²) < 4.78 is 5.55. The van der Waals surface area contributed by atoms with Gasteiger partial charge >= 0.3 is 6.09 Å². The Balaban J connectivity index is 1.81. The highest BCUT2D eigenvalue weighted by molar-refractivity contribution is 5.68. The molecule has 1 aliphatic heterocycles. The number of hydrogen-bond acceptors (Lipinski definition) is 4. The van der Waals surface area contributed by atoms with Crippen LogP contribution in [0, 0.1) is 0 Å². The molecule has 5 nitrogen and oxygen atoms in total. The predicted octanol–water partition coefficient (Wildman–Crippen LogP) is 4.79. The molecule has 2 aromatic rings. The summed E-state index contributed by atoms with van der Waals surface area (Å²) in [6.45, 7) is 8.34. The Morgan fingerprint density at radius 3 is 2.39 bits per heavy atom. The quantitative estimate of drug-likeness (QED) is 0.727. The maximum absolute atomic E-state index is 12.7. The highest BCUT2D eigenvalue weighted by Gasteiger charge is 2.43. The molecule has 1 amide bonds. The monoisotopic (exact) mass is 422 g/mol. The number of benzene rings is 2. The third-order valence-corrected chi connectivity index (χ3v) is 5.50. The summed E-state index contributed by atoms with van der Waals surface area (Å²) in [5.41, 5.74) is 0.353. The van der Waals surface area contributed by atoms with Gasteiger partial charge in [0.25, 0.3) is 0 Å². The van der Waals surface area contributed by atoms with Crippen LogP contribution >= 0.6 is 0 Å². The fraction of sp³-hybridized carbons (Fsp3) is 0.423. The standard InChI is InChI=1S/C26H34N2O3/c1-20(22-13-9-6-10-14-22)27-23-16-18-28(24(29)31-25(2,3)4)19-26(23,30)17-15-21-11-7-5-8-12-21/h5-15,17,20,23,27,30H,16,18-19H2,1-4H3/b17-15+/t20-,23-,26-/m1/s1. The number of likely N-dealkylation sites (tertiary alicyclic amines) is 1. The van der Waals surface area contributed by atoms with E-state index in [1.165, 1.54) is 0 Å². The number of nitrogens with one attached hydrogen (secondary N) is 1. The topological polar surface area (TPSA) is 61.8 Å². The number of carbonyl (C=O) groups is 1. The van der Waals surface area contributed by atoms with E-state index in [0.29, 0.717) is 13.0 Å². The van der Waals surface area contributed by atoms with E-state index < -0.39 is 17.3 Å². The number of ether oxygens (including phenoxy) is 1. The van der Waals surface area contributed by atoms with Gasteiger partial charge in [0.15, 0.2) is 0 Å². The Kier molecular flexibility index (Phi) is 7.19. The zero-order chi connectivity index (χ0) is 22.5. The van der Waals surface area contributed by atoms with Crippen molar-refractivity contribution in [1.82, 2.24) is 10.2 Å². The van der Waals surface area contributed by atoms with Crippen LogP contribution in [0.25, 0.3) is 6.08 Å². The second kappa shape index (κ2) is 9.67. The predicted molar refractivity (Wildman–Crippen MR) is 125 cm³/mol. The Bertz CT molecular complexity index is 877. The third-order valence-electron chi connectivity index (χ3n) is 5.50. The number of nitrogens with zero attached hydrogens (tertiary/aromatic N) is 1. The molecule has 5 heteroatoms. The Morgan fingerprint density at radius 1 is 1.16 bits per heavy atom. The zero-order valence-electron chi connectivity index (χ0n) is 18.9. The van der Waals surface area contributed by atoms with Crippen LogP contribution in [0.5, 0.6) is 0 Å². The van der Waals surface area contributed by atoms with Crippen molar-refractivity contribution in [3.05, 3.63) is 77.9 Å². The lowest BCUT2D eigenvalue weighted by Gasteiger charge is -2.44. The fourth-order valence-electron chi connectivity index (χ4n) is 3.85. The van der Waals surface area contributed by atoms with Gasteiger partial charge in [0.2, 0.25) is 0 Å². The highest BCUT2D eigenvalue weighted by Crippen LogP contribution is 2.28. The van der Waals surface area contributed by atoms with E-state index in [1.807, 2.05) is 81.5 Å². The number of amides is 1. The summed E-state index contributed by atoms with van der Waals surface area (Å²) in [5.74, 6) is 0. The molecule has 1 saturated heterocycles. The van der Waals surface area contributed by atoms with E-state index in [-0.39, 0.29) is 18.6 Å². The van der Waals surface area contributed by atoms with Crippen molar-refractivity contribution >= 4 is 12.2 Å². The van der Waals surface area contributed by atoms with Gasteiger partial charge in [-0.25, -0.2) is 4.79 Å². The van der Waals surface area contributed by atoms with Gasteiger partial charge in [0, 0.05) is 18.6 Å². The molecule has 31 heavy (non-hydrogen) atoms. The molecule has 3 atom stereocenters. The molecule has 2 aromatic carbocycles. The van der Waals surface area contributed by atoms with E-state index in [1.54, 1.807) is 4.90 Å². The average Bonchev–Trinajstić information content (AvgIpc) is 2.74. The average molecular weight is 423 g/mol. The van der Waals surface area contributed by atoms with Gasteiger partial charge in [0.05, 0.1) is 6.54 Å². The molecule has 0 bridgehead atoms. The highest BCUT2D eigenvalue weighted by atomic mass is 16.6. The second-order valence-electron chi connectivity index (χ2n) is 9.28. The first-order valence-electron chi connectivity index (χ1n) is 10.9. The van der Waals surface area contributed by atoms with Crippen molar-refractivity contribution < 1.29 is 14.6 Å². The lowest BCUT2D eigenvalue weighted by Crippen LogP contribution is -2.62. The Labute approximate surface area is 185 Å². The number of carbonyl (C=O) groups excluding carboxylic acids is 1. The second-order valence-corrected chi connectivity index (χ2v) is 9.28. The van der Waals surface area contributed by atoms with Crippen LogP contribution in [0.15, 0.2) is 66.7 Å². The molecule has 0 aliphatic carbocycles. The molecule has 1 aliphatic rings. The maximum Gasteiger partial charge on any atom is 0.410 e. The molecule has 166 valence electrons. The fourth-order valence-corrected chi connectivity index (χ4v) is 3.85. The van der Waals surface area contributed by atoms with Crippen molar-refractivity contribution in [1.29, 1.82) is 0 Å². The van der Waals surface area contributed by atoms with Gasteiger partial charge in [-0.05, 0) is 51.3 Å². The minimum Gasteiger partial charge on any atom is -0.444 e. The largest absolute Gasteiger partial charge is 0.444 e. The minimum atomic E-state index is -1.23. The van der Waals surface area contributed by atoms with E-state index in [4.69, 9.17) is 4.74 Å². The molecule has 0 aromatic heterocycles. The molecule has 0 radical (unpaired) electrons. The van der Waals surface area contributed by atoms with Gasteiger partial charge in [-0.2, -0.15) is 0 Å². The minimum absolute atomic E-state index is 0.0657. The maximum atomic E-state index is 12.7. The number of aliphatic hydroxyl groups is 1. The van der Waals surface area contributed by atoms with Crippen LogP contribution in [0.1, 0.15) is 51.3 Å². The summed E-state index contributed by atoms with van der Waals surface area (Å²) in [7, 11) is 0. The van der Waals surface area contributed by atoms with Crippen molar-refractivity contribution in [2.24, 2.45) is 0 Å². The lowest BCUT2D eigenvalue weighted by molar-refractivity contribution is -0.0372. The molecule has 1 heterocycles. The molecule has 1 fully saturated rings. The SMILES string of the molecule is C[C@@H](N[C@@H]1CCN(C(=O)OC(C)(C)C)C[C@]1(O)/C=C/c1ccccc1)c1ccccc1. The van der Waals surface area contributed by atoms with Crippen molar-refractivity contribution in [2.45, 2.75) is 57.4 Å². The molecule has 0 unspecified atom stereocenters. The van der Waals surface area contributed by atoms with Crippen LogP contribution in [0.4, 0.5) is 4.79 Å². The van der Waals surface area contributed by atoms with Crippen LogP contribution in [0.3, 0.4) is 0 Å². The van der Waals surface area contributed by atoms with Crippen molar-refractivity contribution in [3.8, 4) is 0 Å². The van der Waals surface area contributed by atoms with E-state index >= 15 is 0 Å². The van der Waals surface area contributed by atoms with Gasteiger partial charge in [0.1, 0.15) is 11.2 Å². The normalized spacial score (nSPS) is 23.0. The number of hydrogen-bond donors (Lipinski definition) is 2. The Morgan fingerprint density at radius 2 is 1.77 bits per heavy atom. The number of β-amino-alcohol motifs (C(OH)–C–C–N with tert-alkyl or cyclic N) is 1. The van der Waals surface area contributed by atoms with Crippen molar-refractivity contribution in [2.75, 3.05) is 13.1 Å². The van der Waals surface area contributed by atoms with E-state index in [2.05, 4.69) is 24.4 Å². The van der Waals surface area contributed by atoms with E-state index in [9.17, 15) is 9.90 Å². The Hall–Kier alpha value is -2.63. The molecule has 3 rings (SSSR count). The smallest absolute Gasteiger partial charge is 0.410 e. The summed E-state index contributed by atoms with van der Waals surface area (Å²) in [6.07, 6.45) is 3.95. The molecule has 0 saturated carbocycles. The van der Waals surface area contributed by atoms with Crippen LogP contribution in [-0.4, -0.2) is 46.4 Å². The van der Waals surface area contributed by atoms with E-state index in [0.717, 1.165) is 11.1 Å². The summed E-state index contributed by atoms with van der Waals surface area (Å²) in [5, 5.41) is 15.3. The lowest BCUT2D eigenvalue weighted by atomic mass is 9.85. The van der Waals surface area contributed by atoms with Gasteiger partial charge < -0.3 is 20.1 Å². The molecule has 0 spiro atoms. The van der Waals surface area contributed by atoms with Crippen LogP contribution < -0.4 is 5.32 Å². The molecular formula is C26H34N2O3. The first-order valence-corrected chi connectivity index (χ1v) is 10.9. The first-order chi connectivity index (χ1) is 14.7. The zero-order valence-corrected chi connectivity index (χ0v) is 18.9. The first kappa shape index (κ1) is 23.0. The summed E-state index contributed by atoms with van der Waals surface area (Å²) >= 11 is 0. The van der Waals surface area contributed by atoms with Gasteiger partial charge in [-0.3, -0.25) is 0 Å². The number of piperidine rings is 1. The third kappa shape index (κ3) is 6.42. The summed E-state index contributed by atoms with van der Waals surface area (Å²) in [4.78, 5) is 14.3. The van der Waals surface area contributed by atoms with Crippen LogP contribution in [-0.2, 0) is 4.74 Å². The number of rotatable bonds is 5. The van der Waals surface area contributed by atoms with Crippen LogP contribution in [0.2, 0.25) is 0 Å². The molecule has 2 N–H and O–H groups in total. The van der Waals surface area contributed by atoms with Crippen molar-refractivity contribution in [3.63, 3.8) is 0 Å². The van der Waals surface area contributed by atoms with Gasteiger partial charge in [-0.15, -0.1) is 0 Å². The van der Waals surface area contributed by atoms with Gasteiger partial charge in [-0.1, -0.05) is 66.7 Å².